The van der Waals surface area contributed by atoms with E-state index in [-0.39, 0.29) is 12.5 Å². The third-order valence-electron chi connectivity index (χ3n) is 2.59. The van der Waals surface area contributed by atoms with Gasteiger partial charge in [-0.15, -0.1) is 11.6 Å². The Kier molecular flexibility index (Phi) is 7.18. The SMILES string of the molecule is FC(F)(F)COCCC(CCl)Cc1ccc(Br)cc1. The fraction of sp³-hybridized carbons (Fsp3) is 0.538. The van der Waals surface area contributed by atoms with Gasteiger partial charge in [0.15, 0.2) is 0 Å². The molecule has 0 fully saturated rings. The summed E-state index contributed by atoms with van der Waals surface area (Å²) in [6.45, 7) is -1.12. The molecule has 0 N–H and O–H groups in total. The van der Waals surface area contributed by atoms with Gasteiger partial charge in [-0.05, 0) is 36.5 Å². The minimum absolute atomic E-state index is 0.0768. The average molecular weight is 360 g/mol. The summed E-state index contributed by atoms with van der Waals surface area (Å²) in [6.07, 6.45) is -3.00. The van der Waals surface area contributed by atoms with Crippen molar-refractivity contribution in [3.8, 4) is 0 Å². The van der Waals surface area contributed by atoms with Crippen molar-refractivity contribution < 1.29 is 17.9 Å². The molecule has 1 aromatic carbocycles. The molecule has 108 valence electrons. The van der Waals surface area contributed by atoms with E-state index < -0.39 is 12.8 Å². The van der Waals surface area contributed by atoms with Crippen LogP contribution in [-0.4, -0.2) is 25.3 Å². The summed E-state index contributed by atoms with van der Waals surface area (Å²) in [6, 6.07) is 7.81. The summed E-state index contributed by atoms with van der Waals surface area (Å²) in [5.41, 5.74) is 1.12. The molecular weight excluding hydrogens is 344 g/mol. The highest BCUT2D eigenvalue weighted by atomic mass is 79.9. The molecule has 0 aliphatic rings. The van der Waals surface area contributed by atoms with E-state index >= 15 is 0 Å². The fourth-order valence-corrected chi connectivity index (χ4v) is 2.15. The monoisotopic (exact) mass is 358 g/mol. The lowest BCUT2D eigenvalue weighted by molar-refractivity contribution is -0.174. The van der Waals surface area contributed by atoms with Crippen molar-refractivity contribution in [3.05, 3.63) is 34.3 Å². The number of hydrogen-bond acceptors (Lipinski definition) is 1. The lowest BCUT2D eigenvalue weighted by Crippen LogP contribution is -2.19. The standard InChI is InChI=1S/C13H15BrClF3O/c14-12-3-1-10(2-4-12)7-11(8-15)5-6-19-9-13(16,17)18/h1-4,11H,5-9H2. The number of rotatable bonds is 7. The first kappa shape index (κ1) is 16.8. The normalized spacial score (nSPS) is 13.5. The summed E-state index contributed by atoms with van der Waals surface area (Å²) in [7, 11) is 0. The van der Waals surface area contributed by atoms with Crippen LogP contribution < -0.4 is 0 Å². The topological polar surface area (TPSA) is 9.23 Å². The number of ether oxygens (including phenoxy) is 1. The molecule has 0 radical (unpaired) electrons. The Morgan fingerprint density at radius 1 is 1.21 bits per heavy atom. The summed E-state index contributed by atoms with van der Waals surface area (Å²) in [5.74, 6) is 0.530. The van der Waals surface area contributed by atoms with Gasteiger partial charge in [0, 0.05) is 17.0 Å². The van der Waals surface area contributed by atoms with Crippen molar-refractivity contribution >= 4 is 27.5 Å². The average Bonchev–Trinajstić information content (AvgIpc) is 2.34. The van der Waals surface area contributed by atoms with Crippen LogP contribution in [0.1, 0.15) is 12.0 Å². The maximum Gasteiger partial charge on any atom is 0.411 e. The first-order chi connectivity index (χ1) is 8.90. The summed E-state index contributed by atoms with van der Waals surface area (Å²) in [4.78, 5) is 0. The van der Waals surface area contributed by atoms with Crippen molar-refractivity contribution in [1.82, 2.24) is 0 Å². The van der Waals surface area contributed by atoms with E-state index in [4.69, 9.17) is 11.6 Å². The molecule has 1 unspecified atom stereocenters. The minimum Gasteiger partial charge on any atom is -0.372 e. The highest BCUT2D eigenvalue weighted by Crippen LogP contribution is 2.18. The third-order valence-corrected chi connectivity index (χ3v) is 3.56. The number of halogens is 5. The zero-order valence-electron chi connectivity index (χ0n) is 10.2. The predicted octanol–water partition coefficient (Wildman–Crippen LogP) is 4.82. The van der Waals surface area contributed by atoms with E-state index in [0.717, 1.165) is 16.5 Å². The van der Waals surface area contributed by atoms with Crippen LogP contribution in [0.2, 0.25) is 0 Å². The number of hydrogen-bond donors (Lipinski definition) is 0. The van der Waals surface area contributed by atoms with E-state index in [9.17, 15) is 13.2 Å². The van der Waals surface area contributed by atoms with Gasteiger partial charge < -0.3 is 4.74 Å². The molecular formula is C13H15BrClF3O. The summed E-state index contributed by atoms with van der Waals surface area (Å²) >= 11 is 9.18. The quantitative estimate of drug-likeness (QED) is 0.501. The largest absolute Gasteiger partial charge is 0.411 e. The van der Waals surface area contributed by atoms with Gasteiger partial charge in [-0.1, -0.05) is 28.1 Å². The lowest BCUT2D eigenvalue weighted by atomic mass is 9.98. The molecule has 1 nitrogen and oxygen atoms in total. The van der Waals surface area contributed by atoms with Gasteiger partial charge >= 0.3 is 6.18 Å². The van der Waals surface area contributed by atoms with Crippen molar-refractivity contribution in [2.75, 3.05) is 19.1 Å². The molecule has 0 aromatic heterocycles. The fourth-order valence-electron chi connectivity index (χ4n) is 1.63. The molecule has 19 heavy (non-hydrogen) atoms. The number of alkyl halides is 4. The van der Waals surface area contributed by atoms with Crippen LogP contribution in [0.25, 0.3) is 0 Å². The van der Waals surface area contributed by atoms with E-state index in [1.807, 2.05) is 24.3 Å². The van der Waals surface area contributed by atoms with E-state index in [2.05, 4.69) is 20.7 Å². The van der Waals surface area contributed by atoms with Crippen LogP contribution in [0.15, 0.2) is 28.7 Å². The Bertz CT molecular complexity index is 367. The Balaban J connectivity index is 2.31. The first-order valence-corrected chi connectivity index (χ1v) is 7.18. The highest BCUT2D eigenvalue weighted by Gasteiger charge is 2.27. The molecule has 0 saturated carbocycles. The van der Waals surface area contributed by atoms with Gasteiger partial charge in [-0.3, -0.25) is 0 Å². The smallest absolute Gasteiger partial charge is 0.372 e. The summed E-state index contributed by atoms with van der Waals surface area (Å²) in [5, 5.41) is 0. The van der Waals surface area contributed by atoms with Crippen LogP contribution >= 0.6 is 27.5 Å². The molecule has 0 bridgehead atoms. The maximum absolute atomic E-state index is 11.9. The van der Waals surface area contributed by atoms with Gasteiger partial charge in [-0.2, -0.15) is 13.2 Å². The number of benzene rings is 1. The van der Waals surface area contributed by atoms with E-state index in [1.165, 1.54) is 0 Å². The van der Waals surface area contributed by atoms with Gasteiger partial charge in [0.2, 0.25) is 0 Å². The lowest BCUT2D eigenvalue weighted by Gasteiger charge is -2.14. The van der Waals surface area contributed by atoms with E-state index in [0.29, 0.717) is 12.3 Å². The molecule has 0 heterocycles. The van der Waals surface area contributed by atoms with Crippen LogP contribution in [0.4, 0.5) is 13.2 Å². The van der Waals surface area contributed by atoms with Gasteiger partial charge in [0.05, 0.1) is 0 Å². The molecule has 1 aromatic rings. The van der Waals surface area contributed by atoms with Crippen molar-refractivity contribution in [3.63, 3.8) is 0 Å². The Labute approximate surface area is 124 Å². The molecule has 1 atom stereocenters. The second-order valence-corrected chi connectivity index (χ2v) is 5.53. The van der Waals surface area contributed by atoms with Gasteiger partial charge in [-0.25, -0.2) is 0 Å². The zero-order chi connectivity index (χ0) is 14.3. The van der Waals surface area contributed by atoms with Gasteiger partial charge in [0.25, 0.3) is 0 Å². The van der Waals surface area contributed by atoms with Crippen molar-refractivity contribution in [1.29, 1.82) is 0 Å². The van der Waals surface area contributed by atoms with Crippen molar-refractivity contribution in [2.45, 2.75) is 19.0 Å². The van der Waals surface area contributed by atoms with Crippen LogP contribution in [-0.2, 0) is 11.2 Å². The second-order valence-electron chi connectivity index (χ2n) is 4.31. The third kappa shape index (κ3) is 7.80. The van der Waals surface area contributed by atoms with Crippen molar-refractivity contribution in [2.24, 2.45) is 5.92 Å². The van der Waals surface area contributed by atoms with Crippen LogP contribution in [0.5, 0.6) is 0 Å². The first-order valence-electron chi connectivity index (χ1n) is 5.85. The highest BCUT2D eigenvalue weighted by molar-refractivity contribution is 9.10. The molecule has 6 heteroatoms. The zero-order valence-corrected chi connectivity index (χ0v) is 12.6. The van der Waals surface area contributed by atoms with Crippen LogP contribution in [0, 0.1) is 5.92 Å². The Morgan fingerprint density at radius 2 is 1.84 bits per heavy atom. The maximum atomic E-state index is 11.9. The van der Waals surface area contributed by atoms with Crippen LogP contribution in [0.3, 0.4) is 0 Å². The summed E-state index contributed by atoms with van der Waals surface area (Å²) < 4.78 is 41.3. The minimum atomic E-state index is -4.26. The molecule has 0 aliphatic heterocycles. The molecule has 0 saturated heterocycles. The molecule has 0 aliphatic carbocycles. The predicted molar refractivity (Wildman–Crippen MR) is 73.5 cm³/mol. The molecule has 1 rings (SSSR count). The Morgan fingerprint density at radius 3 is 2.37 bits per heavy atom. The molecule has 0 spiro atoms. The Hall–Kier alpha value is -0.260. The molecule has 0 amide bonds. The second kappa shape index (κ2) is 8.12. The van der Waals surface area contributed by atoms with Gasteiger partial charge in [0.1, 0.15) is 6.61 Å². The van der Waals surface area contributed by atoms with E-state index in [1.54, 1.807) is 0 Å².